The quantitative estimate of drug-likeness (QED) is 0.848. The maximum atomic E-state index is 6.02. The van der Waals surface area contributed by atoms with E-state index in [1.807, 2.05) is 23.7 Å². The summed E-state index contributed by atoms with van der Waals surface area (Å²) in [6, 6.07) is 3.91. The molecule has 1 heterocycles. The summed E-state index contributed by atoms with van der Waals surface area (Å²) in [6.07, 6.45) is 2.24. The van der Waals surface area contributed by atoms with Crippen LogP contribution >= 0.6 is 15.9 Å². The number of nitrogen functional groups attached to an aromatic ring is 1. The zero-order chi connectivity index (χ0) is 14.7. The molecule has 0 saturated carbocycles. The normalized spacial score (nSPS) is 11.2. The van der Waals surface area contributed by atoms with Crippen molar-refractivity contribution in [2.45, 2.75) is 40.2 Å². The first-order valence-corrected chi connectivity index (χ1v) is 7.68. The van der Waals surface area contributed by atoms with E-state index in [9.17, 15) is 0 Å². The Morgan fingerprint density at radius 2 is 2.00 bits per heavy atom. The molecule has 0 radical (unpaired) electrons. The van der Waals surface area contributed by atoms with Crippen LogP contribution in [0.1, 0.15) is 32.3 Å². The highest BCUT2D eigenvalue weighted by molar-refractivity contribution is 9.10. The second-order valence-corrected chi connectivity index (χ2v) is 5.95. The zero-order valence-electron chi connectivity index (χ0n) is 12.1. The molecule has 2 N–H and O–H groups in total. The number of anilines is 1. The van der Waals surface area contributed by atoms with Crippen molar-refractivity contribution in [1.29, 1.82) is 0 Å². The Balaban J connectivity index is 2.42. The second kappa shape index (κ2) is 6.35. The van der Waals surface area contributed by atoms with Crippen LogP contribution in [0.4, 0.5) is 5.69 Å². The average molecular weight is 338 g/mol. The van der Waals surface area contributed by atoms with Gasteiger partial charge in [0.05, 0.1) is 0 Å². The molecule has 2 rings (SSSR count). The molecule has 0 fully saturated rings. The predicted molar refractivity (Wildman–Crippen MR) is 84.2 cm³/mol. The van der Waals surface area contributed by atoms with Crippen LogP contribution in [0, 0.1) is 12.8 Å². The highest BCUT2D eigenvalue weighted by Crippen LogP contribution is 2.30. The van der Waals surface area contributed by atoms with E-state index in [0.717, 1.165) is 46.5 Å². The van der Waals surface area contributed by atoms with Crippen LogP contribution in [-0.4, -0.2) is 20.2 Å². The third-order valence-electron chi connectivity index (χ3n) is 3.77. The van der Waals surface area contributed by atoms with E-state index in [0.29, 0.717) is 5.92 Å². The summed E-state index contributed by atoms with van der Waals surface area (Å²) < 4.78 is 2.82. The van der Waals surface area contributed by atoms with Gasteiger partial charge in [-0.2, -0.15) is 0 Å². The number of tetrazole rings is 1. The van der Waals surface area contributed by atoms with Crippen LogP contribution in [0.15, 0.2) is 16.6 Å². The molecule has 108 valence electrons. The molecule has 0 aliphatic rings. The lowest BCUT2D eigenvalue weighted by molar-refractivity contribution is 0.392. The van der Waals surface area contributed by atoms with Crippen molar-refractivity contribution in [3.8, 4) is 11.4 Å². The summed E-state index contributed by atoms with van der Waals surface area (Å²) in [5, 5.41) is 12.1. The molecule has 0 spiro atoms. The molecule has 0 aliphatic carbocycles. The summed E-state index contributed by atoms with van der Waals surface area (Å²) in [5.74, 6) is 1.37. The lowest BCUT2D eigenvalue weighted by Gasteiger charge is -2.14. The number of nitrogens with two attached hydrogens (primary N) is 1. The van der Waals surface area contributed by atoms with E-state index in [2.05, 4.69) is 45.3 Å². The molecule has 0 aliphatic heterocycles. The monoisotopic (exact) mass is 337 g/mol. The second-order valence-electron chi connectivity index (χ2n) is 5.03. The van der Waals surface area contributed by atoms with Gasteiger partial charge >= 0.3 is 0 Å². The maximum Gasteiger partial charge on any atom is 0.182 e. The summed E-state index contributed by atoms with van der Waals surface area (Å²) in [5.41, 5.74) is 8.75. The highest BCUT2D eigenvalue weighted by Gasteiger charge is 2.16. The van der Waals surface area contributed by atoms with Crippen molar-refractivity contribution >= 4 is 21.6 Å². The SMILES string of the molecule is CCC(CC)Cn1nnnc1-c1cc(Br)cc(N)c1C. The predicted octanol–water partition coefficient (Wildman–Crippen LogP) is 3.43. The Morgan fingerprint density at radius 1 is 1.30 bits per heavy atom. The standard InChI is InChI=1S/C14H20BrN5/c1-4-10(5-2)8-20-14(17-18-19-20)12-6-11(15)7-13(16)9(12)3/h6-7,10H,4-5,8,16H2,1-3H3. The van der Waals surface area contributed by atoms with Crippen molar-refractivity contribution in [2.24, 2.45) is 5.92 Å². The first-order chi connectivity index (χ1) is 9.56. The van der Waals surface area contributed by atoms with Crippen LogP contribution < -0.4 is 5.73 Å². The van der Waals surface area contributed by atoms with Gasteiger partial charge in [0.25, 0.3) is 0 Å². The van der Waals surface area contributed by atoms with Gasteiger partial charge in [0, 0.05) is 22.3 Å². The van der Waals surface area contributed by atoms with E-state index in [1.54, 1.807) is 0 Å². The molecule has 1 aromatic heterocycles. The Hall–Kier alpha value is -1.43. The van der Waals surface area contributed by atoms with Crippen LogP contribution in [0.2, 0.25) is 0 Å². The maximum absolute atomic E-state index is 6.02. The fraction of sp³-hybridized carbons (Fsp3) is 0.500. The number of aromatic nitrogens is 4. The van der Waals surface area contributed by atoms with Gasteiger partial charge in [-0.25, -0.2) is 4.68 Å². The van der Waals surface area contributed by atoms with E-state index < -0.39 is 0 Å². The van der Waals surface area contributed by atoms with E-state index in [1.165, 1.54) is 0 Å². The van der Waals surface area contributed by atoms with Crippen molar-refractivity contribution in [3.63, 3.8) is 0 Å². The van der Waals surface area contributed by atoms with E-state index in [4.69, 9.17) is 5.73 Å². The topological polar surface area (TPSA) is 69.6 Å². The summed E-state index contributed by atoms with van der Waals surface area (Å²) in [6.45, 7) is 7.22. The van der Waals surface area contributed by atoms with Gasteiger partial charge < -0.3 is 5.73 Å². The van der Waals surface area contributed by atoms with Crippen LogP contribution in [0.3, 0.4) is 0 Å². The fourth-order valence-electron chi connectivity index (χ4n) is 2.24. The molecule has 0 saturated heterocycles. The summed E-state index contributed by atoms with van der Waals surface area (Å²) in [7, 11) is 0. The summed E-state index contributed by atoms with van der Waals surface area (Å²) in [4.78, 5) is 0. The first kappa shape index (κ1) is 15.0. The Bertz CT molecular complexity index is 589. The number of rotatable bonds is 5. The van der Waals surface area contributed by atoms with E-state index in [-0.39, 0.29) is 0 Å². The Labute approximate surface area is 127 Å². The van der Waals surface area contributed by atoms with Crippen LogP contribution in [-0.2, 0) is 6.54 Å². The van der Waals surface area contributed by atoms with Gasteiger partial charge in [0.1, 0.15) is 0 Å². The molecule has 0 bridgehead atoms. The van der Waals surface area contributed by atoms with Gasteiger partial charge in [-0.15, -0.1) is 5.10 Å². The fourth-order valence-corrected chi connectivity index (χ4v) is 2.72. The largest absolute Gasteiger partial charge is 0.398 e. The van der Waals surface area contributed by atoms with Gasteiger partial charge in [0.15, 0.2) is 5.82 Å². The summed E-state index contributed by atoms with van der Waals surface area (Å²) >= 11 is 3.48. The van der Waals surface area contributed by atoms with Gasteiger partial charge in [0.2, 0.25) is 0 Å². The van der Waals surface area contributed by atoms with E-state index >= 15 is 0 Å². The Morgan fingerprint density at radius 3 is 2.65 bits per heavy atom. The number of halogens is 1. The van der Waals surface area contributed by atoms with Crippen molar-refractivity contribution < 1.29 is 0 Å². The zero-order valence-corrected chi connectivity index (χ0v) is 13.7. The van der Waals surface area contributed by atoms with Crippen LogP contribution in [0.25, 0.3) is 11.4 Å². The molecule has 6 heteroatoms. The minimum absolute atomic E-state index is 0.585. The van der Waals surface area contributed by atoms with Crippen molar-refractivity contribution in [3.05, 3.63) is 22.2 Å². The van der Waals surface area contributed by atoms with Crippen molar-refractivity contribution in [1.82, 2.24) is 20.2 Å². The number of hydrogen-bond acceptors (Lipinski definition) is 4. The average Bonchev–Trinajstić information content (AvgIpc) is 2.88. The molecular formula is C14H20BrN5. The minimum atomic E-state index is 0.585. The molecule has 0 unspecified atom stereocenters. The molecule has 1 aromatic carbocycles. The highest BCUT2D eigenvalue weighted by atomic mass is 79.9. The van der Waals surface area contributed by atoms with Crippen molar-refractivity contribution in [2.75, 3.05) is 5.73 Å². The molecule has 0 atom stereocenters. The first-order valence-electron chi connectivity index (χ1n) is 6.88. The number of benzene rings is 1. The molecule has 0 amide bonds. The molecular weight excluding hydrogens is 318 g/mol. The third-order valence-corrected chi connectivity index (χ3v) is 4.23. The Kier molecular flexibility index (Phi) is 4.75. The third kappa shape index (κ3) is 3.00. The molecule has 2 aromatic rings. The van der Waals surface area contributed by atoms with Crippen LogP contribution in [0.5, 0.6) is 0 Å². The smallest absolute Gasteiger partial charge is 0.182 e. The van der Waals surface area contributed by atoms with Gasteiger partial charge in [-0.1, -0.05) is 42.6 Å². The number of nitrogens with zero attached hydrogens (tertiary/aromatic N) is 4. The number of hydrogen-bond donors (Lipinski definition) is 1. The molecule has 20 heavy (non-hydrogen) atoms. The lowest BCUT2D eigenvalue weighted by atomic mass is 10.0. The minimum Gasteiger partial charge on any atom is -0.398 e. The van der Waals surface area contributed by atoms with Gasteiger partial charge in [-0.05, 0) is 41.0 Å². The lowest BCUT2D eigenvalue weighted by Crippen LogP contribution is -2.12. The molecule has 5 nitrogen and oxygen atoms in total. The van der Waals surface area contributed by atoms with Gasteiger partial charge in [-0.3, -0.25) is 0 Å².